The normalized spacial score (nSPS) is 15.3. The second-order valence-corrected chi connectivity index (χ2v) is 10.1. The van der Waals surface area contributed by atoms with Crippen molar-refractivity contribution in [1.29, 1.82) is 0 Å². The number of furan rings is 1. The molecule has 1 aromatic heterocycles. The van der Waals surface area contributed by atoms with Crippen LogP contribution in [0.1, 0.15) is 40.8 Å². The van der Waals surface area contributed by atoms with Crippen LogP contribution in [0, 0.1) is 0 Å². The fourth-order valence-corrected chi connectivity index (χ4v) is 5.36. The highest BCUT2D eigenvalue weighted by molar-refractivity contribution is 7.90. The first-order chi connectivity index (χ1) is 16.0. The van der Waals surface area contributed by atoms with Gasteiger partial charge in [0.2, 0.25) is 0 Å². The van der Waals surface area contributed by atoms with Crippen LogP contribution in [0.3, 0.4) is 0 Å². The van der Waals surface area contributed by atoms with Crippen molar-refractivity contribution in [2.75, 3.05) is 26.7 Å². The summed E-state index contributed by atoms with van der Waals surface area (Å²) in [5, 5.41) is 2.96. The Morgan fingerprint density at radius 1 is 1.03 bits per heavy atom. The molecule has 2 aromatic carbocycles. The van der Waals surface area contributed by atoms with Gasteiger partial charge in [0.1, 0.15) is 17.3 Å². The van der Waals surface area contributed by atoms with E-state index in [1.807, 2.05) is 24.3 Å². The van der Waals surface area contributed by atoms with E-state index in [-0.39, 0.29) is 34.1 Å². The Labute approximate surface area is 194 Å². The molecule has 1 saturated heterocycles. The number of amides is 1. The highest BCUT2D eigenvalue weighted by atomic mass is 32.2. The molecule has 0 aliphatic carbocycles. The van der Waals surface area contributed by atoms with E-state index in [0.29, 0.717) is 6.54 Å². The number of hydrogen-bond acceptors (Lipinski definition) is 6. The summed E-state index contributed by atoms with van der Waals surface area (Å²) >= 11 is 0. The summed E-state index contributed by atoms with van der Waals surface area (Å²) in [6.07, 6.45) is 2.27. The van der Waals surface area contributed by atoms with Gasteiger partial charge in [-0.1, -0.05) is 30.3 Å². The van der Waals surface area contributed by atoms with Gasteiger partial charge in [0, 0.05) is 6.54 Å². The third kappa shape index (κ3) is 5.64. The van der Waals surface area contributed by atoms with Crippen LogP contribution in [-0.2, 0) is 15.6 Å². The molecule has 8 heteroatoms. The molecule has 1 aliphatic rings. The van der Waals surface area contributed by atoms with Crippen molar-refractivity contribution in [3.8, 4) is 5.75 Å². The van der Waals surface area contributed by atoms with Gasteiger partial charge in [0.15, 0.2) is 15.6 Å². The minimum Gasteiger partial charge on any atom is -0.497 e. The lowest BCUT2D eigenvalue weighted by molar-refractivity contribution is 0.0908. The molecule has 174 valence electrons. The van der Waals surface area contributed by atoms with Crippen LogP contribution in [0.15, 0.2) is 76.0 Å². The molecule has 2 heterocycles. The number of nitrogens with one attached hydrogen (secondary N) is 1. The average molecular weight is 469 g/mol. The Balaban J connectivity index is 1.42. The van der Waals surface area contributed by atoms with Gasteiger partial charge in [-0.2, -0.15) is 0 Å². The van der Waals surface area contributed by atoms with Crippen molar-refractivity contribution in [2.45, 2.75) is 29.5 Å². The van der Waals surface area contributed by atoms with E-state index in [9.17, 15) is 13.2 Å². The van der Waals surface area contributed by atoms with Crippen molar-refractivity contribution in [3.63, 3.8) is 0 Å². The van der Waals surface area contributed by atoms with Gasteiger partial charge in [-0.15, -0.1) is 0 Å². The first-order valence-electron chi connectivity index (χ1n) is 11.0. The summed E-state index contributed by atoms with van der Waals surface area (Å²) in [5.74, 6) is 0.457. The van der Waals surface area contributed by atoms with Gasteiger partial charge in [-0.25, -0.2) is 8.42 Å². The van der Waals surface area contributed by atoms with Crippen LogP contribution in [0.25, 0.3) is 0 Å². The summed E-state index contributed by atoms with van der Waals surface area (Å²) in [6.45, 7) is 2.38. The van der Waals surface area contributed by atoms with E-state index < -0.39 is 9.84 Å². The fraction of sp³-hybridized carbons (Fsp3) is 0.320. The zero-order chi connectivity index (χ0) is 23.3. The van der Waals surface area contributed by atoms with Gasteiger partial charge in [-0.3, -0.25) is 9.69 Å². The molecule has 7 nitrogen and oxygen atoms in total. The summed E-state index contributed by atoms with van der Waals surface area (Å²) < 4.78 is 36.0. The zero-order valence-electron chi connectivity index (χ0n) is 18.6. The topological polar surface area (TPSA) is 88.8 Å². The molecular formula is C25H28N2O5S. The smallest absolute Gasteiger partial charge is 0.287 e. The maximum atomic E-state index is 12.8. The van der Waals surface area contributed by atoms with E-state index in [1.54, 1.807) is 37.4 Å². The molecule has 3 aromatic rings. The van der Waals surface area contributed by atoms with Crippen molar-refractivity contribution < 1.29 is 22.4 Å². The molecule has 0 spiro atoms. The zero-order valence-corrected chi connectivity index (χ0v) is 19.4. The van der Waals surface area contributed by atoms with Crippen LogP contribution in [0.2, 0.25) is 0 Å². The number of ether oxygens (including phenoxy) is 1. The van der Waals surface area contributed by atoms with Crippen LogP contribution < -0.4 is 10.1 Å². The molecule has 0 bridgehead atoms. The van der Waals surface area contributed by atoms with Crippen molar-refractivity contribution in [3.05, 3.63) is 83.8 Å². The Hall–Kier alpha value is -3.10. The standard InChI is InChI=1S/C25H28N2O5S/c1-31-20-11-9-19(10-12-20)23(27-15-5-6-16-27)17-26-25(28)24-14-13-21(32-24)18-33(29,30)22-7-3-2-4-8-22/h2-4,7-14,23H,5-6,15-18H2,1H3,(H,26,28). The molecule has 4 rings (SSSR count). The van der Waals surface area contributed by atoms with E-state index in [4.69, 9.17) is 9.15 Å². The summed E-state index contributed by atoms with van der Waals surface area (Å²) in [4.78, 5) is 15.3. The van der Waals surface area contributed by atoms with Crippen LogP contribution in [-0.4, -0.2) is 46.0 Å². The van der Waals surface area contributed by atoms with Crippen molar-refractivity contribution >= 4 is 15.7 Å². The molecule has 1 atom stereocenters. The lowest BCUT2D eigenvalue weighted by Crippen LogP contribution is -2.36. The second kappa shape index (κ2) is 10.2. The lowest BCUT2D eigenvalue weighted by Gasteiger charge is -2.28. The van der Waals surface area contributed by atoms with Crippen LogP contribution in [0.5, 0.6) is 5.75 Å². The summed E-state index contributed by atoms with van der Waals surface area (Å²) in [6, 6.07) is 19.2. The molecule has 1 fully saturated rings. The lowest BCUT2D eigenvalue weighted by atomic mass is 10.1. The molecule has 1 amide bonds. The highest BCUT2D eigenvalue weighted by Crippen LogP contribution is 2.26. The van der Waals surface area contributed by atoms with Crippen molar-refractivity contribution in [2.24, 2.45) is 0 Å². The largest absolute Gasteiger partial charge is 0.497 e. The molecular weight excluding hydrogens is 440 g/mol. The van der Waals surface area contributed by atoms with Crippen LogP contribution >= 0.6 is 0 Å². The maximum Gasteiger partial charge on any atom is 0.287 e. The highest BCUT2D eigenvalue weighted by Gasteiger charge is 2.25. The molecule has 33 heavy (non-hydrogen) atoms. The quantitative estimate of drug-likeness (QED) is 0.514. The molecule has 1 unspecified atom stereocenters. The number of methoxy groups -OCH3 is 1. The van der Waals surface area contributed by atoms with E-state index in [1.165, 1.54) is 12.1 Å². The number of rotatable bonds is 9. The number of carbonyl (C=O) groups is 1. The predicted molar refractivity (Wildman–Crippen MR) is 125 cm³/mol. The number of likely N-dealkylation sites (tertiary alicyclic amines) is 1. The van der Waals surface area contributed by atoms with Crippen LogP contribution in [0.4, 0.5) is 0 Å². The van der Waals surface area contributed by atoms with E-state index >= 15 is 0 Å². The Bertz CT molecular complexity index is 1170. The van der Waals surface area contributed by atoms with Gasteiger partial charge < -0.3 is 14.5 Å². The molecule has 0 saturated carbocycles. The minimum atomic E-state index is -3.55. The summed E-state index contributed by atoms with van der Waals surface area (Å²) in [7, 11) is -1.91. The fourth-order valence-electron chi connectivity index (χ4n) is 4.09. The monoisotopic (exact) mass is 468 g/mol. The third-order valence-corrected chi connectivity index (χ3v) is 7.51. The van der Waals surface area contributed by atoms with Gasteiger partial charge in [0.25, 0.3) is 5.91 Å². The van der Waals surface area contributed by atoms with E-state index in [2.05, 4.69) is 10.2 Å². The minimum absolute atomic E-state index is 0.0373. The number of carbonyl (C=O) groups excluding carboxylic acids is 1. The SMILES string of the molecule is COc1ccc(C(CNC(=O)c2ccc(CS(=O)(=O)c3ccccc3)o2)N2CCCC2)cc1. The second-order valence-electron chi connectivity index (χ2n) is 8.08. The average Bonchev–Trinajstić information content (AvgIpc) is 3.53. The first kappa shape index (κ1) is 23.1. The number of sulfone groups is 1. The molecule has 1 N–H and O–H groups in total. The third-order valence-electron chi connectivity index (χ3n) is 5.86. The maximum absolute atomic E-state index is 12.8. The van der Waals surface area contributed by atoms with E-state index in [0.717, 1.165) is 37.2 Å². The Morgan fingerprint density at radius 3 is 2.39 bits per heavy atom. The van der Waals surface area contributed by atoms with Gasteiger partial charge >= 0.3 is 0 Å². The number of nitrogens with zero attached hydrogens (tertiary/aromatic N) is 1. The number of hydrogen-bond donors (Lipinski definition) is 1. The Kier molecular flexibility index (Phi) is 7.15. The Morgan fingerprint density at radius 2 is 1.73 bits per heavy atom. The first-order valence-corrected chi connectivity index (χ1v) is 12.6. The van der Waals surface area contributed by atoms with Gasteiger partial charge in [0.05, 0.1) is 18.0 Å². The molecule has 1 aliphatic heterocycles. The van der Waals surface area contributed by atoms with Crippen molar-refractivity contribution in [1.82, 2.24) is 10.2 Å². The number of benzene rings is 2. The predicted octanol–water partition coefficient (Wildman–Crippen LogP) is 3.83. The molecule has 0 radical (unpaired) electrons. The summed E-state index contributed by atoms with van der Waals surface area (Å²) in [5.41, 5.74) is 1.10. The van der Waals surface area contributed by atoms with Gasteiger partial charge in [-0.05, 0) is 67.9 Å².